The van der Waals surface area contributed by atoms with Crippen LogP contribution in [0.2, 0.25) is 0 Å². The van der Waals surface area contributed by atoms with Crippen LogP contribution in [0.15, 0.2) is 79.1 Å². The lowest BCUT2D eigenvalue weighted by atomic mass is 9.91. The van der Waals surface area contributed by atoms with E-state index in [1.165, 1.54) is 20.3 Å². The summed E-state index contributed by atoms with van der Waals surface area (Å²) in [5.74, 6) is 0.133. The number of aromatic amines is 2. The van der Waals surface area contributed by atoms with Crippen molar-refractivity contribution in [3.63, 3.8) is 0 Å². The monoisotopic (exact) mass is 832 g/mol. The normalized spacial score (nSPS) is 17.4. The third-order valence-corrected chi connectivity index (χ3v) is 11.6. The lowest BCUT2D eigenvalue weighted by Gasteiger charge is -2.30. The number of H-pyrrole nitrogens is 2. The van der Waals surface area contributed by atoms with Gasteiger partial charge in [-0.25, -0.2) is 23.9 Å². The minimum absolute atomic E-state index is 0.144. The summed E-state index contributed by atoms with van der Waals surface area (Å²) < 4.78 is 26.2. The van der Waals surface area contributed by atoms with E-state index in [1.807, 2.05) is 88.4 Å². The summed E-state index contributed by atoms with van der Waals surface area (Å²) in [6.45, 7) is 8.57. The van der Waals surface area contributed by atoms with Gasteiger partial charge in [-0.05, 0) is 71.9 Å². The minimum Gasteiger partial charge on any atom is -0.453 e. The number of aromatic nitrogens is 4. The van der Waals surface area contributed by atoms with Crippen molar-refractivity contribution in [1.29, 1.82) is 0 Å². The van der Waals surface area contributed by atoms with Gasteiger partial charge in [-0.1, -0.05) is 82.3 Å². The van der Waals surface area contributed by atoms with Crippen LogP contribution in [-0.2, 0) is 19.1 Å². The summed E-state index contributed by atoms with van der Waals surface area (Å²) in [4.78, 5) is 71.1. The average Bonchev–Trinajstić information content (AvgIpc) is 4.11. The number of rotatable bonds is 12. The zero-order valence-corrected chi connectivity index (χ0v) is 35.3. The van der Waals surface area contributed by atoms with Crippen molar-refractivity contribution in [1.82, 2.24) is 40.4 Å². The molecule has 0 bridgehead atoms. The van der Waals surface area contributed by atoms with E-state index in [1.54, 1.807) is 22.2 Å². The van der Waals surface area contributed by atoms with Gasteiger partial charge in [0.15, 0.2) is 0 Å². The number of likely N-dealkylation sites (tertiary alicyclic amines) is 2. The van der Waals surface area contributed by atoms with Gasteiger partial charge in [0.2, 0.25) is 11.8 Å². The molecular formula is C46H53FN8O6. The van der Waals surface area contributed by atoms with Crippen LogP contribution in [0.5, 0.6) is 0 Å². The van der Waals surface area contributed by atoms with Crippen molar-refractivity contribution in [2.75, 3.05) is 27.3 Å². The van der Waals surface area contributed by atoms with E-state index in [-0.39, 0.29) is 35.7 Å². The van der Waals surface area contributed by atoms with Crippen LogP contribution in [0, 0.1) is 17.7 Å². The zero-order chi connectivity index (χ0) is 43.4. The first-order valence-corrected chi connectivity index (χ1v) is 20.8. The fourth-order valence-corrected chi connectivity index (χ4v) is 8.41. The molecule has 0 saturated carbocycles. The van der Waals surface area contributed by atoms with E-state index in [9.17, 15) is 19.2 Å². The summed E-state index contributed by atoms with van der Waals surface area (Å²) in [6.07, 6.45) is 5.08. The highest BCUT2D eigenvalue weighted by Crippen LogP contribution is 2.40. The molecule has 3 aromatic carbocycles. The second kappa shape index (κ2) is 18.4. The van der Waals surface area contributed by atoms with Gasteiger partial charge in [-0.3, -0.25) is 9.59 Å². The van der Waals surface area contributed by atoms with Gasteiger partial charge in [0.1, 0.15) is 29.5 Å². The number of imidazole rings is 2. The van der Waals surface area contributed by atoms with Gasteiger partial charge in [0, 0.05) is 24.2 Å². The maximum absolute atomic E-state index is 16.6. The molecule has 4 N–H and O–H groups in total. The molecule has 320 valence electrons. The summed E-state index contributed by atoms with van der Waals surface area (Å²) in [6, 6.07) is 18.6. The molecule has 2 aliphatic rings. The average molecular weight is 833 g/mol. The fraction of sp³-hybridized carbons (Fsp3) is 0.391. The number of nitrogens with zero attached hydrogens (tertiary/aromatic N) is 4. The van der Waals surface area contributed by atoms with Crippen molar-refractivity contribution in [2.24, 2.45) is 11.8 Å². The number of ether oxygens (including phenoxy) is 2. The van der Waals surface area contributed by atoms with Crippen LogP contribution in [0.1, 0.15) is 77.1 Å². The van der Waals surface area contributed by atoms with Crippen LogP contribution < -0.4 is 10.6 Å². The van der Waals surface area contributed by atoms with E-state index >= 15 is 4.39 Å². The largest absolute Gasteiger partial charge is 0.453 e. The van der Waals surface area contributed by atoms with E-state index in [4.69, 9.17) is 9.47 Å². The van der Waals surface area contributed by atoms with Crippen molar-refractivity contribution in [3.8, 4) is 44.8 Å². The van der Waals surface area contributed by atoms with E-state index in [0.717, 1.165) is 36.1 Å². The van der Waals surface area contributed by atoms with E-state index < -0.39 is 30.1 Å². The molecule has 0 spiro atoms. The van der Waals surface area contributed by atoms with Crippen LogP contribution in [0.4, 0.5) is 14.0 Å². The molecule has 2 fully saturated rings. The minimum atomic E-state index is -0.759. The third-order valence-electron chi connectivity index (χ3n) is 11.6. The third kappa shape index (κ3) is 9.01. The predicted molar refractivity (Wildman–Crippen MR) is 228 cm³/mol. The number of alkyl carbamates (subject to hydrolysis) is 2. The maximum Gasteiger partial charge on any atom is 0.407 e. The standard InChI is InChI=1S/C46H53FN8O6/c1-26(2)39(52-45(58)60-5)43(56)54-20-10-14-36(54)41-48-24-34(50-41)29-16-18-30(19-17-29)38-32(28-12-8-7-9-13-28)22-31(23-33(38)47)35-25-49-42(51-35)37-15-11-21-55(37)44(57)40(27(3)4)53-46(59)61-6/h7-9,12-13,16-19,22-27,36-37,39-40H,10-11,14-15,20-21H2,1-6H3,(H,48,50)(H,49,51)(H,52,58)(H,53,59)/t36-,37-,39-,40?/m0/s1. The number of halogens is 1. The summed E-state index contributed by atoms with van der Waals surface area (Å²) in [7, 11) is 2.54. The molecule has 61 heavy (non-hydrogen) atoms. The number of methoxy groups -OCH3 is 2. The number of hydrogen-bond donors (Lipinski definition) is 4. The fourth-order valence-electron chi connectivity index (χ4n) is 8.41. The number of carbonyl (C=O) groups excluding carboxylic acids is 4. The smallest absolute Gasteiger partial charge is 0.407 e. The summed E-state index contributed by atoms with van der Waals surface area (Å²) in [5, 5.41) is 5.36. The Morgan fingerprint density at radius 3 is 1.62 bits per heavy atom. The van der Waals surface area contributed by atoms with E-state index in [0.29, 0.717) is 59.1 Å². The molecule has 2 saturated heterocycles. The molecule has 4 amide bonds. The van der Waals surface area contributed by atoms with Gasteiger partial charge in [-0.2, -0.15) is 0 Å². The van der Waals surface area contributed by atoms with Crippen molar-refractivity contribution >= 4 is 24.0 Å². The lowest BCUT2D eigenvalue weighted by Crippen LogP contribution is -2.51. The molecular weight excluding hydrogens is 780 g/mol. The maximum atomic E-state index is 16.6. The Labute approximate surface area is 354 Å². The Kier molecular flexibility index (Phi) is 12.9. The second-order valence-electron chi connectivity index (χ2n) is 16.3. The first-order valence-electron chi connectivity index (χ1n) is 20.8. The Balaban J connectivity index is 1.14. The molecule has 2 aliphatic heterocycles. The van der Waals surface area contributed by atoms with Crippen molar-refractivity contribution in [2.45, 2.75) is 77.5 Å². The molecule has 1 unspecified atom stereocenters. The number of carbonyl (C=O) groups is 4. The van der Waals surface area contributed by atoms with Gasteiger partial charge < -0.3 is 39.9 Å². The number of benzene rings is 3. The zero-order valence-electron chi connectivity index (χ0n) is 35.3. The number of amides is 4. The van der Waals surface area contributed by atoms with Crippen LogP contribution in [0.3, 0.4) is 0 Å². The lowest BCUT2D eigenvalue weighted by molar-refractivity contribution is -0.136. The molecule has 7 rings (SSSR count). The van der Waals surface area contributed by atoms with Gasteiger partial charge in [-0.15, -0.1) is 0 Å². The highest BCUT2D eigenvalue weighted by molar-refractivity contribution is 5.89. The number of nitrogens with one attached hydrogen (secondary N) is 4. The number of hydrogen-bond acceptors (Lipinski definition) is 8. The topological polar surface area (TPSA) is 175 Å². The second-order valence-corrected chi connectivity index (χ2v) is 16.3. The van der Waals surface area contributed by atoms with Gasteiger partial charge >= 0.3 is 12.2 Å². The SMILES string of the molecule is COC(=O)NC(C(=O)N1CCC[C@H]1c1ncc(-c2cc(F)c(-c3ccc(-c4cnc([C@@H]5CCCN5C(=O)[C@@H](NC(=O)OC)C(C)C)[nH]4)cc3)c(-c3ccccc3)c2)[nH]1)C(C)C. The van der Waals surface area contributed by atoms with Crippen LogP contribution in [0.25, 0.3) is 44.8 Å². The molecule has 15 heteroatoms. The molecule has 0 radical (unpaired) electrons. The van der Waals surface area contributed by atoms with Crippen LogP contribution in [-0.4, -0.2) is 93.1 Å². The Morgan fingerprint density at radius 2 is 1.15 bits per heavy atom. The van der Waals surface area contributed by atoms with Crippen molar-refractivity contribution < 1.29 is 33.0 Å². The van der Waals surface area contributed by atoms with Crippen molar-refractivity contribution in [3.05, 3.63) is 96.6 Å². The molecule has 4 atom stereocenters. The molecule has 2 aromatic heterocycles. The predicted octanol–water partition coefficient (Wildman–Crippen LogP) is 8.03. The van der Waals surface area contributed by atoms with Gasteiger partial charge in [0.05, 0.1) is 50.1 Å². The highest BCUT2D eigenvalue weighted by Gasteiger charge is 2.39. The van der Waals surface area contributed by atoms with Crippen LogP contribution >= 0.6 is 0 Å². The Bertz CT molecular complexity index is 2360. The van der Waals surface area contributed by atoms with Gasteiger partial charge in [0.25, 0.3) is 0 Å². The summed E-state index contributed by atoms with van der Waals surface area (Å²) in [5.41, 5.74) is 5.46. The highest BCUT2D eigenvalue weighted by atomic mass is 19.1. The first kappa shape index (κ1) is 42.6. The molecule has 5 aromatic rings. The molecule has 4 heterocycles. The first-order chi connectivity index (χ1) is 29.4. The quantitative estimate of drug-likeness (QED) is 0.0978. The summed E-state index contributed by atoms with van der Waals surface area (Å²) >= 11 is 0. The van der Waals surface area contributed by atoms with E-state index in [2.05, 4.69) is 30.6 Å². The Morgan fingerprint density at radius 1 is 0.672 bits per heavy atom. The molecule has 0 aliphatic carbocycles. The molecule has 14 nitrogen and oxygen atoms in total. The Hall–Kier alpha value is -6.51.